The minimum atomic E-state index is -0.175. The van der Waals surface area contributed by atoms with Gasteiger partial charge in [-0.15, -0.1) is 0 Å². The van der Waals surface area contributed by atoms with Crippen LogP contribution in [0.5, 0.6) is 0 Å². The second-order valence-electron chi connectivity index (χ2n) is 3.27. The van der Waals surface area contributed by atoms with Crippen molar-refractivity contribution >= 4 is 5.97 Å². The van der Waals surface area contributed by atoms with Crippen molar-refractivity contribution in [1.29, 1.82) is 0 Å². The highest BCUT2D eigenvalue weighted by molar-refractivity contribution is 5.70. The molecule has 0 unspecified atom stereocenters. The van der Waals surface area contributed by atoms with Crippen molar-refractivity contribution in [2.45, 2.75) is 52.0 Å². The highest BCUT2D eigenvalue weighted by Gasteiger charge is 2.09. The van der Waals surface area contributed by atoms with Crippen molar-refractivity contribution in [3.05, 3.63) is 0 Å². The van der Waals surface area contributed by atoms with E-state index in [0.29, 0.717) is 13.0 Å². The topological polar surface area (TPSA) is 52.3 Å². The summed E-state index contributed by atoms with van der Waals surface area (Å²) in [5.74, 6) is -0.175. The first-order chi connectivity index (χ1) is 6.20. The highest BCUT2D eigenvalue weighted by Crippen LogP contribution is 2.04. The first-order valence-corrected chi connectivity index (χ1v) is 5.11. The van der Waals surface area contributed by atoms with Crippen molar-refractivity contribution in [2.75, 3.05) is 6.61 Å². The average Bonchev–Trinajstić information content (AvgIpc) is 2.05. The second kappa shape index (κ2) is 8.05. The smallest absolute Gasteiger partial charge is 0.307 e. The average molecular weight is 187 g/mol. The van der Waals surface area contributed by atoms with E-state index >= 15 is 0 Å². The fourth-order valence-corrected chi connectivity index (χ4v) is 1.19. The molecule has 0 saturated heterocycles. The van der Waals surface area contributed by atoms with Crippen LogP contribution in [0, 0.1) is 0 Å². The lowest BCUT2D eigenvalue weighted by atomic mass is 10.1. The van der Waals surface area contributed by atoms with Crippen molar-refractivity contribution in [2.24, 2.45) is 5.73 Å². The van der Waals surface area contributed by atoms with Crippen LogP contribution in [-0.4, -0.2) is 18.6 Å². The predicted octanol–water partition coefficient (Wildman–Crippen LogP) is 1.85. The molecule has 78 valence electrons. The van der Waals surface area contributed by atoms with E-state index in [9.17, 15) is 4.79 Å². The van der Waals surface area contributed by atoms with Gasteiger partial charge >= 0.3 is 5.97 Å². The van der Waals surface area contributed by atoms with Gasteiger partial charge in [-0.1, -0.05) is 26.2 Å². The number of ether oxygens (including phenoxy) is 1. The number of hydrogen-bond acceptors (Lipinski definition) is 3. The Hall–Kier alpha value is -0.570. The maximum atomic E-state index is 11.0. The summed E-state index contributed by atoms with van der Waals surface area (Å²) in [5, 5.41) is 0. The molecular weight excluding hydrogens is 166 g/mol. The molecule has 3 nitrogen and oxygen atoms in total. The Bertz CT molecular complexity index is 137. The quantitative estimate of drug-likeness (QED) is 0.489. The van der Waals surface area contributed by atoms with E-state index in [2.05, 4.69) is 6.92 Å². The van der Waals surface area contributed by atoms with Gasteiger partial charge in [0.1, 0.15) is 0 Å². The maximum absolute atomic E-state index is 11.0. The number of unbranched alkanes of at least 4 members (excludes halogenated alkanes) is 2. The minimum Gasteiger partial charge on any atom is -0.466 e. The summed E-state index contributed by atoms with van der Waals surface area (Å²) in [7, 11) is 0. The van der Waals surface area contributed by atoms with Crippen LogP contribution < -0.4 is 5.73 Å². The van der Waals surface area contributed by atoms with Gasteiger partial charge in [0.15, 0.2) is 0 Å². The molecule has 1 atom stereocenters. The molecule has 13 heavy (non-hydrogen) atoms. The molecule has 0 aliphatic rings. The molecule has 0 aromatic rings. The molecule has 0 rings (SSSR count). The molecule has 3 heteroatoms. The van der Waals surface area contributed by atoms with Gasteiger partial charge in [0.2, 0.25) is 0 Å². The Morgan fingerprint density at radius 3 is 2.62 bits per heavy atom. The van der Waals surface area contributed by atoms with Crippen LogP contribution in [-0.2, 0) is 9.53 Å². The first kappa shape index (κ1) is 12.4. The van der Waals surface area contributed by atoms with E-state index in [4.69, 9.17) is 10.5 Å². The summed E-state index contributed by atoms with van der Waals surface area (Å²) in [6, 6.07) is -0.0226. The third-order valence-electron chi connectivity index (χ3n) is 1.91. The van der Waals surface area contributed by atoms with Crippen LogP contribution in [0.25, 0.3) is 0 Å². The van der Waals surface area contributed by atoms with Gasteiger partial charge in [0.05, 0.1) is 13.0 Å². The summed E-state index contributed by atoms with van der Waals surface area (Å²) >= 11 is 0. The van der Waals surface area contributed by atoms with E-state index in [1.165, 1.54) is 12.8 Å². The van der Waals surface area contributed by atoms with E-state index in [-0.39, 0.29) is 12.0 Å². The van der Waals surface area contributed by atoms with Crippen LogP contribution in [0.15, 0.2) is 0 Å². The molecule has 0 spiro atoms. The summed E-state index contributed by atoms with van der Waals surface area (Å²) < 4.78 is 4.80. The first-order valence-electron chi connectivity index (χ1n) is 5.11. The Morgan fingerprint density at radius 1 is 1.38 bits per heavy atom. The molecule has 0 aliphatic carbocycles. The van der Waals surface area contributed by atoms with E-state index in [0.717, 1.165) is 12.8 Å². The number of carbonyl (C=O) groups is 1. The monoisotopic (exact) mass is 187 g/mol. The van der Waals surface area contributed by atoms with Crippen LogP contribution in [0.1, 0.15) is 46.0 Å². The Balaban J connectivity index is 3.38. The normalized spacial score (nSPS) is 12.5. The number of carbonyl (C=O) groups excluding carboxylic acids is 1. The molecule has 0 heterocycles. The molecule has 2 N–H and O–H groups in total. The zero-order valence-corrected chi connectivity index (χ0v) is 8.71. The third-order valence-corrected chi connectivity index (χ3v) is 1.91. The zero-order chi connectivity index (χ0) is 10.1. The lowest BCUT2D eigenvalue weighted by molar-refractivity contribution is -0.143. The number of rotatable bonds is 7. The fraction of sp³-hybridized carbons (Fsp3) is 0.900. The highest BCUT2D eigenvalue weighted by atomic mass is 16.5. The molecule has 0 amide bonds. The van der Waals surface area contributed by atoms with Crippen LogP contribution in [0.2, 0.25) is 0 Å². The summed E-state index contributed by atoms with van der Waals surface area (Å²) in [5.41, 5.74) is 5.74. The molecule has 0 bridgehead atoms. The molecule has 0 aliphatic heterocycles. The molecule has 0 aromatic heterocycles. The fourth-order valence-electron chi connectivity index (χ4n) is 1.19. The van der Waals surface area contributed by atoms with Gasteiger partial charge in [-0.2, -0.15) is 0 Å². The molecule has 0 aromatic carbocycles. The van der Waals surface area contributed by atoms with Gasteiger partial charge in [0, 0.05) is 6.04 Å². The van der Waals surface area contributed by atoms with Crippen molar-refractivity contribution < 1.29 is 9.53 Å². The van der Waals surface area contributed by atoms with Crippen LogP contribution >= 0.6 is 0 Å². The van der Waals surface area contributed by atoms with Gasteiger partial charge < -0.3 is 10.5 Å². The Morgan fingerprint density at radius 2 is 2.08 bits per heavy atom. The summed E-state index contributed by atoms with van der Waals surface area (Å²) in [4.78, 5) is 11.0. The van der Waals surface area contributed by atoms with Crippen molar-refractivity contribution in [3.63, 3.8) is 0 Å². The largest absolute Gasteiger partial charge is 0.466 e. The second-order valence-corrected chi connectivity index (χ2v) is 3.27. The Labute approximate surface area is 80.6 Å². The van der Waals surface area contributed by atoms with Crippen molar-refractivity contribution in [1.82, 2.24) is 0 Å². The predicted molar refractivity (Wildman–Crippen MR) is 53.4 cm³/mol. The number of esters is 1. The summed E-state index contributed by atoms with van der Waals surface area (Å²) in [6.45, 7) is 4.40. The number of nitrogens with two attached hydrogens (primary N) is 1. The van der Waals surface area contributed by atoms with Gasteiger partial charge in [0.25, 0.3) is 0 Å². The van der Waals surface area contributed by atoms with E-state index < -0.39 is 0 Å². The molecule has 0 radical (unpaired) electrons. The molecular formula is C10H21NO2. The maximum Gasteiger partial charge on any atom is 0.307 e. The molecule has 0 saturated carbocycles. The summed E-state index contributed by atoms with van der Waals surface area (Å²) in [6.07, 6.45) is 4.77. The Kier molecular flexibility index (Phi) is 7.69. The minimum absolute atomic E-state index is 0.0226. The lowest BCUT2D eigenvalue weighted by Gasteiger charge is -2.09. The third kappa shape index (κ3) is 7.78. The van der Waals surface area contributed by atoms with Crippen molar-refractivity contribution in [3.8, 4) is 0 Å². The van der Waals surface area contributed by atoms with Crippen LogP contribution in [0.3, 0.4) is 0 Å². The standard InChI is InChI=1S/C10H21NO2/c1-3-5-6-7-9(11)8-10(12)13-4-2/h9H,3-8,11H2,1-2H3/t9-/m0/s1. The van der Waals surface area contributed by atoms with Gasteiger partial charge in [-0.05, 0) is 13.3 Å². The molecule has 0 fully saturated rings. The SMILES string of the molecule is CCCCC[C@H](N)CC(=O)OCC. The van der Waals surface area contributed by atoms with Gasteiger partial charge in [-0.3, -0.25) is 4.79 Å². The van der Waals surface area contributed by atoms with Gasteiger partial charge in [-0.25, -0.2) is 0 Å². The van der Waals surface area contributed by atoms with E-state index in [1.54, 1.807) is 6.92 Å². The van der Waals surface area contributed by atoms with Crippen LogP contribution in [0.4, 0.5) is 0 Å². The lowest BCUT2D eigenvalue weighted by Crippen LogP contribution is -2.24. The van der Waals surface area contributed by atoms with E-state index in [1.807, 2.05) is 0 Å². The zero-order valence-electron chi connectivity index (χ0n) is 8.71. The number of hydrogen-bond donors (Lipinski definition) is 1.